The summed E-state index contributed by atoms with van der Waals surface area (Å²) in [7, 11) is 0. The molecule has 0 aliphatic heterocycles. The number of primary amides is 1. The first-order valence-electron chi connectivity index (χ1n) is 5.13. The molecule has 1 amide bonds. The van der Waals surface area contributed by atoms with Crippen LogP contribution in [0.5, 0.6) is 0 Å². The Hall–Kier alpha value is -1.36. The second kappa shape index (κ2) is 4.93. The van der Waals surface area contributed by atoms with Crippen LogP contribution in [0.1, 0.15) is 38.4 Å². The Morgan fingerprint density at radius 2 is 2.33 bits per heavy atom. The average Bonchev–Trinajstić information content (AvgIpc) is 2.62. The molecule has 15 heavy (non-hydrogen) atoms. The fourth-order valence-electron chi connectivity index (χ4n) is 1.37. The summed E-state index contributed by atoms with van der Waals surface area (Å²) >= 11 is 0. The van der Waals surface area contributed by atoms with E-state index in [1.54, 1.807) is 6.20 Å². The summed E-state index contributed by atoms with van der Waals surface area (Å²) in [6.07, 6.45) is 3.53. The van der Waals surface area contributed by atoms with Crippen LogP contribution in [0, 0.1) is 0 Å². The maximum atomic E-state index is 11.2. The molecular weight excluding hydrogens is 192 g/mol. The van der Waals surface area contributed by atoms with Gasteiger partial charge in [0.2, 0.25) is 5.91 Å². The highest BCUT2D eigenvalue weighted by atomic mass is 16.1. The number of nitrogens with one attached hydrogen (secondary N) is 1. The topological polar surface area (TPSA) is 72.9 Å². The van der Waals surface area contributed by atoms with Crippen molar-refractivity contribution in [2.24, 2.45) is 5.73 Å². The number of carbonyl (C=O) groups excluding carboxylic acids is 1. The molecule has 0 saturated carbocycles. The lowest BCUT2D eigenvalue weighted by Crippen LogP contribution is -2.33. The first kappa shape index (κ1) is 11.7. The van der Waals surface area contributed by atoms with Gasteiger partial charge in [0.15, 0.2) is 0 Å². The molecule has 5 nitrogen and oxygen atoms in total. The molecule has 0 saturated heterocycles. The van der Waals surface area contributed by atoms with Gasteiger partial charge in [-0.15, -0.1) is 0 Å². The summed E-state index contributed by atoms with van der Waals surface area (Å²) in [5.74, 6) is -0.375. The van der Waals surface area contributed by atoms with E-state index in [0.29, 0.717) is 6.54 Å². The average molecular weight is 210 g/mol. The van der Waals surface area contributed by atoms with Gasteiger partial charge in [-0.2, -0.15) is 5.10 Å². The number of carbonyl (C=O) groups is 1. The minimum Gasteiger partial charge on any atom is -0.368 e. The molecule has 0 fully saturated rings. The number of rotatable bonds is 5. The lowest BCUT2D eigenvalue weighted by atomic mass is 10.1. The molecule has 1 aromatic heterocycles. The van der Waals surface area contributed by atoms with Crippen molar-refractivity contribution in [2.75, 3.05) is 6.54 Å². The Kier molecular flexibility index (Phi) is 3.85. The van der Waals surface area contributed by atoms with Gasteiger partial charge in [0.1, 0.15) is 6.04 Å². The van der Waals surface area contributed by atoms with Gasteiger partial charge in [0.25, 0.3) is 0 Å². The zero-order valence-electron chi connectivity index (χ0n) is 9.40. The number of hydrogen-bond donors (Lipinski definition) is 2. The van der Waals surface area contributed by atoms with Crippen LogP contribution >= 0.6 is 0 Å². The number of hydrogen-bond acceptors (Lipinski definition) is 3. The van der Waals surface area contributed by atoms with Gasteiger partial charge in [-0.25, -0.2) is 0 Å². The minimum atomic E-state index is -0.442. The largest absolute Gasteiger partial charge is 0.368 e. The highest BCUT2D eigenvalue weighted by Crippen LogP contribution is 2.13. The van der Waals surface area contributed by atoms with Gasteiger partial charge < -0.3 is 11.1 Å². The molecule has 3 N–H and O–H groups in total. The van der Waals surface area contributed by atoms with Crippen molar-refractivity contribution in [2.45, 2.75) is 32.9 Å². The van der Waals surface area contributed by atoms with Crippen LogP contribution in [-0.2, 0) is 4.79 Å². The van der Waals surface area contributed by atoms with Crippen LogP contribution in [0.25, 0.3) is 0 Å². The number of amides is 1. The van der Waals surface area contributed by atoms with Gasteiger partial charge in [0.05, 0.1) is 6.20 Å². The van der Waals surface area contributed by atoms with Crippen molar-refractivity contribution in [3.63, 3.8) is 0 Å². The monoisotopic (exact) mass is 210 g/mol. The molecule has 0 aliphatic rings. The van der Waals surface area contributed by atoms with Crippen molar-refractivity contribution in [1.82, 2.24) is 15.1 Å². The molecule has 84 valence electrons. The van der Waals surface area contributed by atoms with E-state index < -0.39 is 6.04 Å². The molecule has 0 aromatic carbocycles. The summed E-state index contributed by atoms with van der Waals surface area (Å²) in [6.45, 7) is 6.69. The van der Waals surface area contributed by atoms with E-state index in [0.717, 1.165) is 5.56 Å². The molecule has 1 unspecified atom stereocenters. The molecule has 1 aromatic rings. The van der Waals surface area contributed by atoms with Crippen molar-refractivity contribution >= 4 is 5.91 Å². The van der Waals surface area contributed by atoms with Crippen LogP contribution in [0.3, 0.4) is 0 Å². The maximum absolute atomic E-state index is 11.2. The van der Waals surface area contributed by atoms with E-state index in [-0.39, 0.29) is 11.9 Å². The number of likely N-dealkylation sites (N-methyl/N-ethyl adjacent to an activating group) is 1. The van der Waals surface area contributed by atoms with Gasteiger partial charge in [-0.1, -0.05) is 6.92 Å². The molecule has 1 heterocycles. The molecule has 0 radical (unpaired) electrons. The molecule has 0 aliphatic carbocycles. The highest BCUT2D eigenvalue weighted by Gasteiger charge is 2.18. The first-order chi connectivity index (χ1) is 7.06. The van der Waals surface area contributed by atoms with Gasteiger partial charge in [0, 0.05) is 17.8 Å². The van der Waals surface area contributed by atoms with Gasteiger partial charge >= 0.3 is 0 Å². The quantitative estimate of drug-likeness (QED) is 0.747. The highest BCUT2D eigenvalue weighted by molar-refractivity contribution is 5.81. The molecule has 0 bridgehead atoms. The molecule has 1 atom stereocenters. The number of nitrogens with two attached hydrogens (primary N) is 1. The summed E-state index contributed by atoms with van der Waals surface area (Å²) in [5.41, 5.74) is 6.12. The first-order valence-corrected chi connectivity index (χ1v) is 5.13. The van der Waals surface area contributed by atoms with Crippen molar-refractivity contribution in [3.8, 4) is 0 Å². The summed E-state index contributed by atoms with van der Waals surface area (Å²) in [4.78, 5) is 11.2. The van der Waals surface area contributed by atoms with Gasteiger partial charge in [-0.05, 0) is 20.4 Å². The Morgan fingerprint density at radius 1 is 1.67 bits per heavy atom. The lowest BCUT2D eigenvalue weighted by molar-refractivity contribution is -0.120. The predicted octanol–water partition coefficient (Wildman–Crippen LogP) is 0.600. The third-order valence-electron chi connectivity index (χ3n) is 2.18. The SMILES string of the molecule is CCNC(C(N)=O)c1cnn(C(C)C)c1. The van der Waals surface area contributed by atoms with Crippen molar-refractivity contribution in [1.29, 1.82) is 0 Å². The molecule has 5 heteroatoms. The fourth-order valence-corrected chi connectivity index (χ4v) is 1.37. The fraction of sp³-hybridized carbons (Fsp3) is 0.600. The number of aromatic nitrogens is 2. The lowest BCUT2D eigenvalue weighted by Gasteiger charge is -2.11. The third kappa shape index (κ3) is 2.79. The smallest absolute Gasteiger partial charge is 0.239 e. The standard InChI is InChI=1S/C10H18N4O/c1-4-12-9(10(11)15)8-5-13-14(6-8)7(2)3/h5-7,9,12H,4H2,1-3H3,(H2,11,15). The second-order valence-electron chi connectivity index (χ2n) is 3.74. The summed E-state index contributed by atoms with van der Waals surface area (Å²) in [6, 6.07) is -0.156. The molecule has 1 rings (SSSR count). The Bertz CT molecular complexity index is 332. The summed E-state index contributed by atoms with van der Waals surface area (Å²) < 4.78 is 1.81. The van der Waals surface area contributed by atoms with Crippen LogP contribution < -0.4 is 11.1 Å². The van der Waals surface area contributed by atoms with E-state index in [4.69, 9.17) is 5.73 Å². The zero-order chi connectivity index (χ0) is 11.4. The second-order valence-corrected chi connectivity index (χ2v) is 3.74. The van der Waals surface area contributed by atoms with E-state index in [2.05, 4.69) is 10.4 Å². The van der Waals surface area contributed by atoms with Gasteiger partial charge in [-0.3, -0.25) is 9.48 Å². The molecule has 0 spiro atoms. The Morgan fingerprint density at radius 3 is 2.73 bits per heavy atom. The molecular formula is C10H18N4O. The van der Waals surface area contributed by atoms with Crippen LogP contribution in [-0.4, -0.2) is 22.2 Å². The number of nitrogens with zero attached hydrogens (tertiary/aromatic N) is 2. The van der Waals surface area contributed by atoms with E-state index in [1.165, 1.54) is 0 Å². The zero-order valence-corrected chi connectivity index (χ0v) is 9.40. The maximum Gasteiger partial charge on any atom is 0.239 e. The minimum absolute atomic E-state index is 0.286. The van der Waals surface area contributed by atoms with Crippen LogP contribution in [0.4, 0.5) is 0 Å². The van der Waals surface area contributed by atoms with Crippen molar-refractivity contribution in [3.05, 3.63) is 18.0 Å². The van der Waals surface area contributed by atoms with Crippen molar-refractivity contribution < 1.29 is 4.79 Å². The Labute approximate surface area is 89.6 Å². The predicted molar refractivity (Wildman–Crippen MR) is 58.2 cm³/mol. The van der Waals surface area contributed by atoms with E-state index in [1.807, 2.05) is 31.6 Å². The van der Waals surface area contributed by atoms with E-state index in [9.17, 15) is 4.79 Å². The van der Waals surface area contributed by atoms with Crippen LogP contribution in [0.2, 0.25) is 0 Å². The summed E-state index contributed by atoms with van der Waals surface area (Å²) in [5, 5.41) is 7.19. The van der Waals surface area contributed by atoms with E-state index >= 15 is 0 Å². The normalized spacial score (nSPS) is 13.1. The van der Waals surface area contributed by atoms with Crippen LogP contribution in [0.15, 0.2) is 12.4 Å². The third-order valence-corrected chi connectivity index (χ3v) is 2.18. The Balaban J connectivity index is 2.86.